The van der Waals surface area contributed by atoms with E-state index in [1.807, 2.05) is 0 Å². The number of benzene rings is 2. The lowest BCUT2D eigenvalue weighted by atomic mass is 10.1. The van der Waals surface area contributed by atoms with Gasteiger partial charge in [-0.15, -0.1) is 0 Å². The quantitative estimate of drug-likeness (QED) is 0.747. The SMILES string of the molecule is COc1cc(Oc2ccc(/C=C/C(=O)O)cc2)ccc1/C=C/C(=O)O. The molecule has 0 bridgehead atoms. The number of carboxylic acid groups (broad SMARTS) is 2. The third-order valence-electron chi connectivity index (χ3n) is 3.14. The molecule has 0 aromatic heterocycles. The largest absolute Gasteiger partial charge is 0.496 e. The second-order valence-corrected chi connectivity index (χ2v) is 4.92. The highest BCUT2D eigenvalue weighted by Crippen LogP contribution is 2.29. The van der Waals surface area contributed by atoms with Gasteiger partial charge >= 0.3 is 11.9 Å². The minimum atomic E-state index is -1.04. The fraction of sp³-hybridized carbons (Fsp3) is 0.0526. The normalized spacial score (nSPS) is 10.9. The Morgan fingerprint density at radius 3 is 2.08 bits per heavy atom. The molecule has 2 rings (SSSR count). The molecule has 6 nitrogen and oxygen atoms in total. The van der Waals surface area contributed by atoms with Crippen LogP contribution in [0.1, 0.15) is 11.1 Å². The molecule has 0 spiro atoms. The molecule has 25 heavy (non-hydrogen) atoms. The maximum Gasteiger partial charge on any atom is 0.328 e. The summed E-state index contributed by atoms with van der Waals surface area (Å²) in [7, 11) is 1.49. The Bertz CT molecular complexity index is 818. The molecule has 0 saturated carbocycles. The van der Waals surface area contributed by atoms with E-state index in [-0.39, 0.29) is 0 Å². The van der Waals surface area contributed by atoms with E-state index in [1.165, 1.54) is 19.3 Å². The summed E-state index contributed by atoms with van der Waals surface area (Å²) < 4.78 is 11.0. The molecule has 2 aromatic rings. The molecule has 0 unspecified atom stereocenters. The number of carboxylic acids is 2. The number of carbonyl (C=O) groups is 2. The van der Waals surface area contributed by atoms with E-state index in [4.69, 9.17) is 19.7 Å². The Hall–Kier alpha value is -3.54. The molecule has 128 valence electrons. The average molecular weight is 340 g/mol. The highest BCUT2D eigenvalue weighted by atomic mass is 16.5. The molecule has 0 aliphatic carbocycles. The number of ether oxygens (including phenoxy) is 2. The minimum Gasteiger partial charge on any atom is -0.496 e. The van der Waals surface area contributed by atoms with Crippen molar-refractivity contribution in [3.8, 4) is 17.2 Å². The van der Waals surface area contributed by atoms with Crippen molar-refractivity contribution in [1.29, 1.82) is 0 Å². The lowest BCUT2D eigenvalue weighted by molar-refractivity contribution is -0.132. The van der Waals surface area contributed by atoms with Crippen LogP contribution < -0.4 is 9.47 Å². The molecular weight excluding hydrogens is 324 g/mol. The maximum absolute atomic E-state index is 10.6. The Morgan fingerprint density at radius 1 is 0.880 bits per heavy atom. The van der Waals surface area contributed by atoms with Crippen molar-refractivity contribution in [3.63, 3.8) is 0 Å². The molecule has 6 heteroatoms. The highest BCUT2D eigenvalue weighted by molar-refractivity contribution is 5.86. The number of rotatable bonds is 7. The van der Waals surface area contributed by atoms with E-state index < -0.39 is 11.9 Å². The standard InChI is InChI=1S/C19H16O6/c1-24-17-12-16(9-5-14(17)6-11-19(22)23)25-15-7-2-13(3-8-15)4-10-18(20)21/h2-12H,1H3,(H,20,21)(H,22,23)/b10-4+,11-6+. The predicted molar refractivity (Wildman–Crippen MR) is 92.8 cm³/mol. The minimum absolute atomic E-state index is 0.482. The Morgan fingerprint density at radius 2 is 1.48 bits per heavy atom. The van der Waals surface area contributed by atoms with E-state index in [0.717, 1.165) is 17.7 Å². The zero-order valence-corrected chi connectivity index (χ0v) is 13.4. The number of aliphatic carboxylic acids is 2. The molecule has 2 aromatic carbocycles. The van der Waals surface area contributed by atoms with Crippen LogP contribution in [0.3, 0.4) is 0 Å². The van der Waals surface area contributed by atoms with E-state index >= 15 is 0 Å². The Kier molecular flexibility index (Phi) is 5.95. The number of hydrogen-bond acceptors (Lipinski definition) is 4. The summed E-state index contributed by atoms with van der Waals surface area (Å²) in [6.45, 7) is 0. The van der Waals surface area contributed by atoms with Crippen molar-refractivity contribution >= 4 is 24.1 Å². The zero-order chi connectivity index (χ0) is 18.2. The van der Waals surface area contributed by atoms with Crippen LogP contribution in [-0.4, -0.2) is 29.3 Å². The monoisotopic (exact) mass is 340 g/mol. The zero-order valence-electron chi connectivity index (χ0n) is 13.4. The van der Waals surface area contributed by atoms with Gasteiger partial charge in [-0.1, -0.05) is 12.1 Å². The summed E-state index contributed by atoms with van der Waals surface area (Å²) >= 11 is 0. The van der Waals surface area contributed by atoms with Crippen LogP contribution in [0.25, 0.3) is 12.2 Å². The van der Waals surface area contributed by atoms with E-state index in [1.54, 1.807) is 42.5 Å². The third kappa shape index (κ3) is 5.54. The highest BCUT2D eigenvalue weighted by Gasteiger charge is 2.05. The van der Waals surface area contributed by atoms with Gasteiger partial charge < -0.3 is 19.7 Å². The van der Waals surface area contributed by atoms with Crippen LogP contribution in [0, 0.1) is 0 Å². The lowest BCUT2D eigenvalue weighted by Crippen LogP contribution is -1.91. The average Bonchev–Trinajstić information content (AvgIpc) is 2.59. The van der Waals surface area contributed by atoms with Gasteiger partial charge in [0, 0.05) is 23.8 Å². The van der Waals surface area contributed by atoms with Crippen LogP contribution in [0.5, 0.6) is 17.2 Å². The first kappa shape index (κ1) is 17.8. The molecule has 0 saturated heterocycles. The molecule has 0 heterocycles. The van der Waals surface area contributed by atoms with Crippen LogP contribution in [0.15, 0.2) is 54.6 Å². The predicted octanol–water partition coefficient (Wildman–Crippen LogP) is 3.68. The molecule has 0 aliphatic heterocycles. The van der Waals surface area contributed by atoms with Crippen LogP contribution in [0.2, 0.25) is 0 Å². The van der Waals surface area contributed by atoms with Gasteiger partial charge in [0.2, 0.25) is 0 Å². The van der Waals surface area contributed by atoms with Gasteiger partial charge in [0.05, 0.1) is 7.11 Å². The van der Waals surface area contributed by atoms with Crippen molar-refractivity contribution in [2.45, 2.75) is 0 Å². The number of hydrogen-bond donors (Lipinski definition) is 2. The topological polar surface area (TPSA) is 93.1 Å². The summed E-state index contributed by atoms with van der Waals surface area (Å²) in [5.74, 6) is -0.471. The van der Waals surface area contributed by atoms with Crippen molar-refractivity contribution in [2.24, 2.45) is 0 Å². The van der Waals surface area contributed by atoms with Gasteiger partial charge in [-0.2, -0.15) is 0 Å². The van der Waals surface area contributed by atoms with E-state index in [9.17, 15) is 9.59 Å². The van der Waals surface area contributed by atoms with E-state index in [0.29, 0.717) is 22.8 Å². The second-order valence-electron chi connectivity index (χ2n) is 4.92. The molecule has 0 aliphatic rings. The van der Waals surface area contributed by atoms with Gasteiger partial charge in [-0.05, 0) is 42.0 Å². The first-order valence-corrected chi connectivity index (χ1v) is 7.26. The summed E-state index contributed by atoms with van der Waals surface area (Å²) in [5.41, 5.74) is 1.35. The van der Waals surface area contributed by atoms with Crippen LogP contribution >= 0.6 is 0 Å². The summed E-state index contributed by atoms with van der Waals surface area (Å²) in [6.07, 6.45) is 5.01. The Labute approximate surface area is 144 Å². The van der Waals surface area contributed by atoms with Crippen LogP contribution in [-0.2, 0) is 9.59 Å². The Balaban J connectivity index is 2.14. The third-order valence-corrected chi connectivity index (χ3v) is 3.14. The maximum atomic E-state index is 10.6. The van der Waals surface area contributed by atoms with Crippen molar-refractivity contribution in [3.05, 3.63) is 65.7 Å². The number of methoxy groups -OCH3 is 1. The van der Waals surface area contributed by atoms with Gasteiger partial charge in [-0.25, -0.2) is 9.59 Å². The smallest absolute Gasteiger partial charge is 0.328 e. The van der Waals surface area contributed by atoms with Crippen molar-refractivity contribution < 1.29 is 29.3 Å². The molecule has 0 fully saturated rings. The first-order valence-electron chi connectivity index (χ1n) is 7.26. The van der Waals surface area contributed by atoms with Gasteiger partial charge in [0.25, 0.3) is 0 Å². The van der Waals surface area contributed by atoms with Gasteiger partial charge in [-0.3, -0.25) is 0 Å². The molecular formula is C19H16O6. The van der Waals surface area contributed by atoms with Crippen molar-refractivity contribution in [2.75, 3.05) is 7.11 Å². The molecule has 0 radical (unpaired) electrons. The van der Waals surface area contributed by atoms with Gasteiger partial charge in [0.15, 0.2) is 0 Å². The fourth-order valence-corrected chi connectivity index (χ4v) is 2.00. The first-order chi connectivity index (χ1) is 12.0. The van der Waals surface area contributed by atoms with Crippen LogP contribution in [0.4, 0.5) is 0 Å². The van der Waals surface area contributed by atoms with E-state index in [2.05, 4.69) is 0 Å². The molecule has 0 atom stereocenters. The summed E-state index contributed by atoms with van der Waals surface area (Å²) in [5, 5.41) is 17.3. The molecule has 0 amide bonds. The fourth-order valence-electron chi connectivity index (χ4n) is 2.00. The second kappa shape index (κ2) is 8.35. The summed E-state index contributed by atoms with van der Waals surface area (Å²) in [6, 6.07) is 11.9. The van der Waals surface area contributed by atoms with Gasteiger partial charge in [0.1, 0.15) is 17.2 Å². The molecule has 2 N–H and O–H groups in total. The summed E-state index contributed by atoms with van der Waals surface area (Å²) in [4.78, 5) is 21.1. The van der Waals surface area contributed by atoms with Crippen molar-refractivity contribution in [1.82, 2.24) is 0 Å². The lowest BCUT2D eigenvalue weighted by Gasteiger charge is -2.10.